The van der Waals surface area contributed by atoms with Crippen molar-refractivity contribution in [2.45, 2.75) is 51.0 Å². The predicted molar refractivity (Wildman–Crippen MR) is 111 cm³/mol. The van der Waals surface area contributed by atoms with Gasteiger partial charge in [0.1, 0.15) is 11.6 Å². The molecule has 29 heavy (non-hydrogen) atoms. The molecule has 0 aromatic heterocycles. The number of amides is 1. The second-order valence-electron chi connectivity index (χ2n) is 7.55. The van der Waals surface area contributed by atoms with E-state index < -0.39 is 22.3 Å². The van der Waals surface area contributed by atoms with Gasteiger partial charge in [0.05, 0.1) is 6.42 Å². The van der Waals surface area contributed by atoms with Gasteiger partial charge in [-0.05, 0) is 66.9 Å². The van der Waals surface area contributed by atoms with Crippen LogP contribution >= 0.6 is 0 Å². The molecule has 0 heterocycles. The highest BCUT2D eigenvalue weighted by Gasteiger charge is 2.15. The quantitative estimate of drug-likeness (QED) is 0.592. The number of carbonyl (C=O) groups is 1. The van der Waals surface area contributed by atoms with E-state index in [1.54, 1.807) is 6.07 Å². The molecule has 0 saturated carbocycles. The summed E-state index contributed by atoms with van der Waals surface area (Å²) in [4.78, 5) is 14.2. The molecule has 0 aliphatic rings. The van der Waals surface area contributed by atoms with Crippen molar-refractivity contribution >= 4 is 16.5 Å². The lowest BCUT2D eigenvalue weighted by molar-refractivity contribution is -0.117. The van der Waals surface area contributed by atoms with Crippen LogP contribution < -0.4 is 0 Å². The van der Waals surface area contributed by atoms with Crippen molar-refractivity contribution in [2.75, 3.05) is 14.1 Å². The lowest BCUT2D eigenvalue weighted by Crippen LogP contribution is -2.11. The van der Waals surface area contributed by atoms with Crippen LogP contribution in [0.5, 0.6) is 0 Å². The SMILES string of the molecule is CCc1cc(F)cc(C(C)C)c1CC(=O)N=[S-](=O)c1ccc(CN(C)C)cc1F. The van der Waals surface area contributed by atoms with Gasteiger partial charge in [0.15, 0.2) is 0 Å². The van der Waals surface area contributed by atoms with Gasteiger partial charge in [0, 0.05) is 6.54 Å². The lowest BCUT2D eigenvalue weighted by atomic mass is 9.90. The number of benzene rings is 2. The van der Waals surface area contributed by atoms with Crippen molar-refractivity contribution < 1.29 is 17.8 Å². The van der Waals surface area contributed by atoms with Gasteiger partial charge < -0.3 is 13.5 Å². The number of carbonyl (C=O) groups excluding carboxylic acids is 1. The first-order valence-electron chi connectivity index (χ1n) is 9.53. The monoisotopic (exact) mass is 421 g/mol. The van der Waals surface area contributed by atoms with Crippen molar-refractivity contribution in [3.8, 4) is 0 Å². The fraction of sp³-hybridized carbons (Fsp3) is 0.409. The van der Waals surface area contributed by atoms with Crippen LogP contribution in [0.3, 0.4) is 0 Å². The van der Waals surface area contributed by atoms with E-state index in [9.17, 15) is 17.8 Å². The molecule has 0 N–H and O–H groups in total. The Morgan fingerprint density at radius 3 is 2.41 bits per heavy atom. The third-order valence-electron chi connectivity index (χ3n) is 4.54. The molecule has 0 bridgehead atoms. The summed E-state index contributed by atoms with van der Waals surface area (Å²) in [6, 6.07) is 7.21. The second-order valence-corrected chi connectivity index (χ2v) is 8.68. The molecule has 0 unspecified atom stereocenters. The van der Waals surface area contributed by atoms with Gasteiger partial charge in [-0.1, -0.05) is 37.8 Å². The molecular weight excluding hydrogens is 394 g/mol. The molecule has 2 rings (SSSR count). The normalized spacial score (nSPS) is 12.7. The summed E-state index contributed by atoms with van der Waals surface area (Å²) in [5.74, 6) is -1.60. The van der Waals surface area contributed by atoms with Crippen LogP contribution in [0.1, 0.15) is 48.9 Å². The second kappa shape index (κ2) is 10.1. The Morgan fingerprint density at radius 1 is 1.17 bits per heavy atom. The van der Waals surface area contributed by atoms with E-state index in [2.05, 4.69) is 4.36 Å². The van der Waals surface area contributed by atoms with Crippen molar-refractivity contribution in [1.29, 1.82) is 0 Å². The molecule has 4 nitrogen and oxygen atoms in total. The van der Waals surface area contributed by atoms with E-state index in [0.717, 1.165) is 16.7 Å². The Hall–Kier alpha value is -2.12. The topological polar surface area (TPSA) is 49.7 Å². The molecule has 1 amide bonds. The zero-order valence-corrected chi connectivity index (χ0v) is 18.3. The number of nitrogens with zero attached hydrogens (tertiary/aromatic N) is 2. The molecular formula is C22H27F2N2O2S-. The van der Waals surface area contributed by atoms with E-state index >= 15 is 0 Å². The first-order valence-corrected chi connectivity index (χ1v) is 10.6. The summed E-state index contributed by atoms with van der Waals surface area (Å²) in [7, 11) is 1.59. The molecule has 0 radical (unpaired) electrons. The van der Waals surface area contributed by atoms with E-state index in [-0.39, 0.29) is 23.1 Å². The van der Waals surface area contributed by atoms with Gasteiger partial charge in [0.25, 0.3) is 0 Å². The standard InChI is InChI=1S/C22H27F2N2O2S/c1-6-16-10-17(23)11-18(14(2)3)19(16)12-22(27)25-29(28)21-8-7-15(9-20(21)24)13-26(4)5/h7-11,14H,6,12-13H2,1-5H3/q-1. The molecule has 7 heteroatoms. The summed E-state index contributed by atoms with van der Waals surface area (Å²) in [5.41, 5.74) is 2.90. The van der Waals surface area contributed by atoms with Crippen LogP contribution in [0.4, 0.5) is 8.78 Å². The van der Waals surface area contributed by atoms with Crippen molar-refractivity contribution in [2.24, 2.45) is 4.36 Å². The Kier molecular flexibility index (Phi) is 8.05. The zero-order valence-electron chi connectivity index (χ0n) is 17.5. The van der Waals surface area contributed by atoms with Crippen LogP contribution in [-0.2, 0) is 39.0 Å². The third kappa shape index (κ3) is 6.18. The molecule has 0 aliphatic heterocycles. The largest absolute Gasteiger partial charge is 0.439 e. The first kappa shape index (κ1) is 23.2. The van der Waals surface area contributed by atoms with Crippen LogP contribution in [-0.4, -0.2) is 24.9 Å². The minimum absolute atomic E-state index is 0.0194. The van der Waals surface area contributed by atoms with Crippen molar-refractivity contribution in [1.82, 2.24) is 4.90 Å². The molecule has 0 fully saturated rings. The number of hydrogen-bond acceptors (Lipinski definition) is 4. The minimum Gasteiger partial charge on any atom is -0.439 e. The van der Waals surface area contributed by atoms with E-state index in [1.807, 2.05) is 39.8 Å². The maximum Gasteiger partial charge on any atom is 0.227 e. The van der Waals surface area contributed by atoms with E-state index in [0.29, 0.717) is 18.5 Å². The summed E-state index contributed by atoms with van der Waals surface area (Å²) < 4.78 is 44.3. The Morgan fingerprint density at radius 2 is 1.86 bits per heavy atom. The smallest absolute Gasteiger partial charge is 0.227 e. The Labute approximate surface area is 173 Å². The Balaban J connectivity index is 2.31. The highest BCUT2D eigenvalue weighted by molar-refractivity contribution is 7.75. The lowest BCUT2D eigenvalue weighted by Gasteiger charge is -2.17. The molecule has 0 atom stereocenters. The minimum atomic E-state index is -2.14. The summed E-state index contributed by atoms with van der Waals surface area (Å²) in [6.07, 6.45) is 0.466. The average molecular weight is 422 g/mol. The maximum atomic E-state index is 14.3. The summed E-state index contributed by atoms with van der Waals surface area (Å²) in [6.45, 7) is 6.26. The van der Waals surface area contributed by atoms with Crippen molar-refractivity contribution in [3.63, 3.8) is 0 Å². The van der Waals surface area contributed by atoms with Crippen LogP contribution in [0.2, 0.25) is 0 Å². The fourth-order valence-corrected chi connectivity index (χ4v) is 4.00. The first-order chi connectivity index (χ1) is 13.6. The molecule has 0 spiro atoms. The number of aryl methyl sites for hydroxylation is 1. The van der Waals surface area contributed by atoms with Gasteiger partial charge in [-0.15, -0.1) is 0 Å². The van der Waals surface area contributed by atoms with Crippen LogP contribution in [0.15, 0.2) is 39.6 Å². The molecule has 2 aromatic carbocycles. The van der Waals surface area contributed by atoms with Crippen molar-refractivity contribution in [3.05, 3.63) is 64.2 Å². The highest BCUT2D eigenvalue weighted by atomic mass is 32.2. The third-order valence-corrected chi connectivity index (χ3v) is 5.62. The number of hydrogen-bond donors (Lipinski definition) is 0. The van der Waals surface area contributed by atoms with Crippen LogP contribution in [0.25, 0.3) is 0 Å². The summed E-state index contributed by atoms with van der Waals surface area (Å²) >= 11 is 0. The van der Waals surface area contributed by atoms with Gasteiger partial charge in [-0.2, -0.15) is 10.6 Å². The van der Waals surface area contributed by atoms with Gasteiger partial charge >= 0.3 is 0 Å². The molecule has 158 valence electrons. The van der Waals surface area contributed by atoms with E-state index in [4.69, 9.17) is 0 Å². The van der Waals surface area contributed by atoms with Gasteiger partial charge in [-0.3, -0.25) is 4.79 Å². The maximum absolute atomic E-state index is 14.3. The highest BCUT2D eigenvalue weighted by Crippen LogP contribution is 2.26. The van der Waals surface area contributed by atoms with Crippen LogP contribution in [0, 0.1) is 11.6 Å². The molecule has 2 aromatic rings. The fourth-order valence-electron chi connectivity index (χ4n) is 3.24. The zero-order chi connectivity index (χ0) is 21.7. The molecule has 0 saturated heterocycles. The molecule has 0 aliphatic carbocycles. The average Bonchev–Trinajstić information content (AvgIpc) is 2.61. The number of halogens is 2. The number of rotatable bonds is 7. The Bertz CT molecular complexity index is 981. The van der Waals surface area contributed by atoms with E-state index in [1.165, 1.54) is 24.3 Å². The summed E-state index contributed by atoms with van der Waals surface area (Å²) in [5, 5.41) is 0. The predicted octanol–water partition coefficient (Wildman–Crippen LogP) is 4.99. The van der Waals surface area contributed by atoms with Gasteiger partial charge in [0.2, 0.25) is 5.91 Å². The van der Waals surface area contributed by atoms with Gasteiger partial charge in [-0.25, -0.2) is 8.78 Å².